The van der Waals surface area contributed by atoms with E-state index in [9.17, 15) is 9.18 Å². The maximum absolute atomic E-state index is 13.1. The summed E-state index contributed by atoms with van der Waals surface area (Å²) in [6, 6.07) is 13.4. The third-order valence-electron chi connectivity index (χ3n) is 3.83. The summed E-state index contributed by atoms with van der Waals surface area (Å²) in [4.78, 5) is 12.5. The molecular formula is C19H18FN3O2. The molecule has 128 valence electrons. The van der Waals surface area contributed by atoms with Gasteiger partial charge in [0.25, 0.3) is 5.91 Å². The number of carbonyl (C=O) groups excluding carboxylic acids is 1. The maximum atomic E-state index is 13.1. The van der Waals surface area contributed by atoms with E-state index in [1.807, 2.05) is 24.3 Å². The predicted octanol–water partition coefficient (Wildman–Crippen LogP) is 3.83. The van der Waals surface area contributed by atoms with Crippen LogP contribution in [0.25, 0.3) is 5.69 Å². The Morgan fingerprint density at radius 3 is 2.44 bits per heavy atom. The van der Waals surface area contributed by atoms with Crippen LogP contribution in [0.3, 0.4) is 0 Å². The number of benzene rings is 2. The number of nitrogens with one attached hydrogen (secondary N) is 1. The van der Waals surface area contributed by atoms with Crippen LogP contribution < -0.4 is 10.1 Å². The number of methoxy groups -OCH3 is 1. The summed E-state index contributed by atoms with van der Waals surface area (Å²) in [5.41, 5.74) is 2.66. The van der Waals surface area contributed by atoms with Gasteiger partial charge in [-0.25, -0.2) is 9.07 Å². The number of rotatable bonds is 5. The molecule has 0 unspecified atom stereocenters. The molecule has 1 N–H and O–H groups in total. The van der Waals surface area contributed by atoms with Crippen molar-refractivity contribution in [2.24, 2.45) is 0 Å². The lowest BCUT2D eigenvalue weighted by Gasteiger charge is -2.05. The fourth-order valence-electron chi connectivity index (χ4n) is 2.40. The second-order valence-electron chi connectivity index (χ2n) is 5.47. The number of anilines is 1. The minimum atomic E-state index is -0.373. The Labute approximate surface area is 145 Å². The van der Waals surface area contributed by atoms with Crippen molar-refractivity contribution in [1.29, 1.82) is 0 Å². The van der Waals surface area contributed by atoms with Gasteiger partial charge in [0.05, 0.1) is 19.0 Å². The minimum absolute atomic E-state index is 0.159. The van der Waals surface area contributed by atoms with Crippen molar-refractivity contribution >= 4 is 11.6 Å². The number of hydrogen-bond acceptors (Lipinski definition) is 3. The monoisotopic (exact) mass is 339 g/mol. The van der Waals surface area contributed by atoms with Crippen molar-refractivity contribution in [2.45, 2.75) is 13.3 Å². The summed E-state index contributed by atoms with van der Waals surface area (Å²) < 4.78 is 19.8. The number of nitrogens with zero attached hydrogens (tertiary/aromatic N) is 2. The molecule has 25 heavy (non-hydrogen) atoms. The highest BCUT2D eigenvalue weighted by molar-refractivity contribution is 6.04. The van der Waals surface area contributed by atoms with Gasteiger partial charge in [-0.1, -0.05) is 19.1 Å². The summed E-state index contributed by atoms with van der Waals surface area (Å²) in [6.45, 7) is 2.07. The van der Waals surface area contributed by atoms with E-state index >= 15 is 0 Å². The van der Waals surface area contributed by atoms with E-state index in [4.69, 9.17) is 4.74 Å². The summed E-state index contributed by atoms with van der Waals surface area (Å²) in [6.07, 6.45) is 2.52. The van der Waals surface area contributed by atoms with Crippen LogP contribution >= 0.6 is 0 Å². The lowest BCUT2D eigenvalue weighted by Crippen LogP contribution is -2.14. The zero-order valence-corrected chi connectivity index (χ0v) is 14.0. The van der Waals surface area contributed by atoms with Gasteiger partial charge in [-0.3, -0.25) is 4.79 Å². The first-order valence-corrected chi connectivity index (χ1v) is 7.90. The minimum Gasteiger partial charge on any atom is -0.493 e. The van der Waals surface area contributed by atoms with Gasteiger partial charge in [0, 0.05) is 5.69 Å². The second-order valence-corrected chi connectivity index (χ2v) is 5.47. The molecule has 0 saturated carbocycles. The van der Waals surface area contributed by atoms with E-state index in [2.05, 4.69) is 17.3 Å². The van der Waals surface area contributed by atoms with Crippen LogP contribution in [0.5, 0.6) is 5.75 Å². The molecule has 2 aromatic carbocycles. The summed E-state index contributed by atoms with van der Waals surface area (Å²) in [7, 11) is 1.47. The van der Waals surface area contributed by atoms with Gasteiger partial charge in [0.1, 0.15) is 5.82 Å². The lowest BCUT2D eigenvalue weighted by molar-refractivity contribution is 0.101. The molecule has 0 fully saturated rings. The summed E-state index contributed by atoms with van der Waals surface area (Å²) in [5, 5.41) is 7.07. The fraction of sp³-hybridized carbons (Fsp3) is 0.158. The van der Waals surface area contributed by atoms with Crippen LogP contribution in [-0.4, -0.2) is 22.8 Å². The third-order valence-corrected chi connectivity index (χ3v) is 3.83. The van der Waals surface area contributed by atoms with Gasteiger partial charge in [0.15, 0.2) is 11.4 Å². The van der Waals surface area contributed by atoms with Crippen LogP contribution in [0.4, 0.5) is 10.1 Å². The van der Waals surface area contributed by atoms with E-state index in [-0.39, 0.29) is 17.4 Å². The van der Waals surface area contributed by atoms with Gasteiger partial charge < -0.3 is 10.1 Å². The molecular weight excluding hydrogens is 321 g/mol. The van der Waals surface area contributed by atoms with E-state index in [1.54, 1.807) is 18.3 Å². The van der Waals surface area contributed by atoms with Crippen LogP contribution in [0.2, 0.25) is 0 Å². The van der Waals surface area contributed by atoms with Crippen LogP contribution in [0.15, 0.2) is 54.7 Å². The number of carbonyl (C=O) groups is 1. The maximum Gasteiger partial charge on any atom is 0.280 e. The van der Waals surface area contributed by atoms with E-state index in [1.165, 1.54) is 29.5 Å². The highest BCUT2D eigenvalue weighted by Gasteiger charge is 2.18. The highest BCUT2D eigenvalue weighted by Crippen LogP contribution is 2.21. The van der Waals surface area contributed by atoms with Crippen LogP contribution in [-0.2, 0) is 6.42 Å². The molecule has 0 aliphatic heterocycles. The van der Waals surface area contributed by atoms with Crippen molar-refractivity contribution in [1.82, 2.24) is 9.78 Å². The van der Waals surface area contributed by atoms with Crippen molar-refractivity contribution in [3.63, 3.8) is 0 Å². The number of halogens is 1. The van der Waals surface area contributed by atoms with Crippen molar-refractivity contribution < 1.29 is 13.9 Å². The Kier molecular flexibility index (Phi) is 4.79. The highest BCUT2D eigenvalue weighted by atomic mass is 19.1. The molecule has 3 rings (SSSR count). The zero-order chi connectivity index (χ0) is 17.8. The topological polar surface area (TPSA) is 56.2 Å². The number of ether oxygens (including phenoxy) is 1. The summed E-state index contributed by atoms with van der Waals surface area (Å²) in [5.74, 6) is -0.370. The molecule has 5 nitrogen and oxygen atoms in total. The normalized spacial score (nSPS) is 10.5. The largest absolute Gasteiger partial charge is 0.493 e. The van der Waals surface area contributed by atoms with Gasteiger partial charge >= 0.3 is 0 Å². The first-order chi connectivity index (χ1) is 12.1. The van der Waals surface area contributed by atoms with Crippen LogP contribution in [0.1, 0.15) is 23.0 Å². The number of hydrogen-bond donors (Lipinski definition) is 1. The molecule has 3 aromatic rings. The average molecular weight is 339 g/mol. The van der Waals surface area contributed by atoms with Crippen molar-refractivity contribution in [2.75, 3.05) is 12.4 Å². The molecule has 0 saturated heterocycles. The Morgan fingerprint density at radius 2 is 1.84 bits per heavy atom. The van der Waals surface area contributed by atoms with Gasteiger partial charge in [-0.15, -0.1) is 0 Å². The Bertz CT molecular complexity index is 871. The van der Waals surface area contributed by atoms with E-state index in [0.717, 1.165) is 6.42 Å². The molecule has 1 heterocycles. The number of amides is 1. The molecule has 0 atom stereocenters. The molecule has 1 amide bonds. The van der Waals surface area contributed by atoms with Gasteiger partial charge in [0.2, 0.25) is 0 Å². The zero-order valence-electron chi connectivity index (χ0n) is 14.0. The van der Waals surface area contributed by atoms with Crippen molar-refractivity contribution in [3.05, 3.63) is 71.8 Å². The Morgan fingerprint density at radius 1 is 1.16 bits per heavy atom. The molecule has 0 aliphatic carbocycles. The van der Waals surface area contributed by atoms with Crippen molar-refractivity contribution in [3.8, 4) is 11.4 Å². The molecule has 0 aliphatic rings. The lowest BCUT2D eigenvalue weighted by atomic mass is 10.1. The smallest absolute Gasteiger partial charge is 0.280 e. The number of aromatic nitrogens is 2. The second kappa shape index (κ2) is 7.17. The van der Waals surface area contributed by atoms with Gasteiger partial charge in [-0.05, 0) is 48.4 Å². The predicted molar refractivity (Wildman–Crippen MR) is 93.8 cm³/mol. The molecule has 0 bridgehead atoms. The van der Waals surface area contributed by atoms with Crippen LogP contribution in [0, 0.1) is 5.82 Å². The Balaban J connectivity index is 1.85. The molecule has 1 aromatic heterocycles. The van der Waals surface area contributed by atoms with Gasteiger partial charge in [-0.2, -0.15) is 5.10 Å². The Hall–Kier alpha value is -3.15. The molecule has 0 radical (unpaired) electrons. The fourth-order valence-corrected chi connectivity index (χ4v) is 2.40. The average Bonchev–Trinajstić information content (AvgIpc) is 3.07. The first-order valence-electron chi connectivity index (χ1n) is 7.90. The summed E-state index contributed by atoms with van der Waals surface area (Å²) >= 11 is 0. The SMILES string of the molecule is CCc1ccc(NC(=O)c2nn(-c3ccc(F)cc3)cc2OC)cc1. The van der Waals surface area contributed by atoms with E-state index < -0.39 is 0 Å². The standard InChI is InChI=1S/C19H18FN3O2/c1-3-13-4-8-15(9-5-13)21-19(24)18-17(25-2)12-23(22-18)16-10-6-14(20)7-11-16/h4-12H,3H2,1-2H3,(H,21,24). The number of aryl methyl sites for hydroxylation is 1. The third kappa shape index (κ3) is 3.68. The first kappa shape index (κ1) is 16.7. The quantitative estimate of drug-likeness (QED) is 0.768. The molecule has 6 heteroatoms. The van der Waals surface area contributed by atoms with E-state index in [0.29, 0.717) is 17.1 Å². The molecule has 0 spiro atoms.